The molecule has 0 heteroatoms. The zero-order valence-electron chi connectivity index (χ0n) is 7.85. The molecule has 0 atom stereocenters. The Labute approximate surface area is 70.3 Å². The van der Waals surface area contributed by atoms with Gasteiger partial charge < -0.3 is 0 Å². The van der Waals surface area contributed by atoms with Crippen molar-refractivity contribution in [3.05, 3.63) is 36.0 Å². The fourth-order valence-electron chi connectivity index (χ4n) is 0.823. The molecule has 0 saturated heterocycles. The van der Waals surface area contributed by atoms with Crippen LogP contribution >= 0.6 is 0 Å². The summed E-state index contributed by atoms with van der Waals surface area (Å²) >= 11 is 0. The van der Waals surface area contributed by atoms with Crippen molar-refractivity contribution < 1.29 is 0 Å². The summed E-state index contributed by atoms with van der Waals surface area (Å²) in [6, 6.07) is 0. The Morgan fingerprint density at radius 1 is 1.18 bits per heavy atom. The van der Waals surface area contributed by atoms with E-state index in [9.17, 15) is 0 Å². The average Bonchev–Trinajstić information content (AvgIpc) is 2.01. The lowest BCUT2D eigenvalue weighted by Crippen LogP contribution is -1.79. The molecular weight excluding hydrogens is 132 g/mol. The number of hydrogen-bond acceptors (Lipinski definition) is 0. The van der Waals surface area contributed by atoms with E-state index in [-0.39, 0.29) is 0 Å². The van der Waals surface area contributed by atoms with E-state index in [4.69, 9.17) is 0 Å². The Morgan fingerprint density at radius 2 is 1.73 bits per heavy atom. The summed E-state index contributed by atoms with van der Waals surface area (Å²) in [5, 5.41) is 0. The van der Waals surface area contributed by atoms with E-state index in [1.54, 1.807) is 0 Å². The highest BCUT2D eigenvalue weighted by Gasteiger charge is 1.89. The molecule has 0 amide bonds. The van der Waals surface area contributed by atoms with Gasteiger partial charge in [-0.05, 0) is 33.6 Å². The highest BCUT2D eigenvalue weighted by Crippen LogP contribution is 2.10. The first-order valence-corrected chi connectivity index (χ1v) is 4.10. The normalized spacial score (nSPS) is 13.4. The van der Waals surface area contributed by atoms with Crippen molar-refractivity contribution in [1.29, 1.82) is 0 Å². The van der Waals surface area contributed by atoms with Gasteiger partial charge in [0.25, 0.3) is 0 Å². The zero-order chi connectivity index (χ0) is 8.69. The minimum Gasteiger partial charge on any atom is -0.0991 e. The first-order valence-electron chi connectivity index (χ1n) is 4.10. The second-order valence-corrected chi connectivity index (χ2v) is 2.88. The van der Waals surface area contributed by atoms with Crippen LogP contribution in [0.3, 0.4) is 0 Å². The van der Waals surface area contributed by atoms with Gasteiger partial charge in [0.15, 0.2) is 0 Å². The molecule has 0 aliphatic heterocycles. The molecule has 0 rings (SSSR count). The molecule has 0 nitrogen and oxygen atoms in total. The predicted molar refractivity (Wildman–Crippen MR) is 52.6 cm³/mol. The van der Waals surface area contributed by atoms with Gasteiger partial charge in [0.1, 0.15) is 0 Å². The molecule has 0 aromatic carbocycles. The topological polar surface area (TPSA) is 0 Å². The Morgan fingerprint density at radius 3 is 2.18 bits per heavy atom. The molecule has 62 valence electrons. The molecule has 0 aromatic rings. The van der Waals surface area contributed by atoms with E-state index >= 15 is 0 Å². The van der Waals surface area contributed by atoms with Crippen molar-refractivity contribution in [2.45, 2.75) is 33.6 Å². The van der Waals surface area contributed by atoms with Crippen molar-refractivity contribution in [2.75, 3.05) is 0 Å². The standard InChI is InChI=1S/C11H18/c1-5-7-11(4)9-8-10(3)6-2/h5-7H,1,8-9H2,2-4H3/b10-6+,11-7-. The number of rotatable bonds is 4. The van der Waals surface area contributed by atoms with Crippen LogP contribution in [0.1, 0.15) is 33.6 Å². The monoisotopic (exact) mass is 150 g/mol. The first kappa shape index (κ1) is 10.2. The largest absolute Gasteiger partial charge is 0.0991 e. The summed E-state index contributed by atoms with van der Waals surface area (Å²) in [6.07, 6.45) is 8.42. The Hall–Kier alpha value is -0.780. The van der Waals surface area contributed by atoms with Gasteiger partial charge in [0, 0.05) is 0 Å². The third-order valence-corrected chi connectivity index (χ3v) is 1.81. The smallest absolute Gasteiger partial charge is 0.0283 e. The Balaban J connectivity index is 3.70. The third kappa shape index (κ3) is 5.65. The summed E-state index contributed by atoms with van der Waals surface area (Å²) < 4.78 is 0. The van der Waals surface area contributed by atoms with Crippen LogP contribution in [-0.2, 0) is 0 Å². The van der Waals surface area contributed by atoms with Gasteiger partial charge >= 0.3 is 0 Å². The fourth-order valence-corrected chi connectivity index (χ4v) is 0.823. The van der Waals surface area contributed by atoms with Gasteiger partial charge in [-0.15, -0.1) is 0 Å². The lowest BCUT2D eigenvalue weighted by atomic mass is 10.1. The second kappa shape index (κ2) is 5.96. The maximum Gasteiger partial charge on any atom is -0.0283 e. The van der Waals surface area contributed by atoms with Crippen LogP contribution in [0, 0.1) is 0 Å². The molecule has 0 N–H and O–H groups in total. The van der Waals surface area contributed by atoms with E-state index in [1.165, 1.54) is 17.6 Å². The van der Waals surface area contributed by atoms with Crippen molar-refractivity contribution in [2.24, 2.45) is 0 Å². The van der Waals surface area contributed by atoms with Crippen LogP contribution < -0.4 is 0 Å². The summed E-state index contributed by atoms with van der Waals surface area (Å²) in [4.78, 5) is 0. The fraction of sp³-hybridized carbons (Fsp3) is 0.455. The van der Waals surface area contributed by atoms with Crippen LogP contribution in [0.4, 0.5) is 0 Å². The summed E-state index contributed by atoms with van der Waals surface area (Å²) in [5.41, 5.74) is 2.86. The molecule has 0 aliphatic carbocycles. The van der Waals surface area contributed by atoms with Crippen molar-refractivity contribution in [3.8, 4) is 0 Å². The number of allylic oxidation sites excluding steroid dienone is 5. The molecule has 0 saturated carbocycles. The van der Waals surface area contributed by atoms with E-state index in [2.05, 4.69) is 39.5 Å². The minimum atomic E-state index is 1.15. The molecular formula is C11H18. The van der Waals surface area contributed by atoms with Gasteiger partial charge in [-0.25, -0.2) is 0 Å². The maximum absolute atomic E-state index is 3.66. The van der Waals surface area contributed by atoms with Gasteiger partial charge in [0.2, 0.25) is 0 Å². The molecule has 0 unspecified atom stereocenters. The first-order chi connectivity index (χ1) is 5.20. The Kier molecular flexibility index (Phi) is 5.54. The van der Waals surface area contributed by atoms with Crippen LogP contribution in [0.15, 0.2) is 36.0 Å². The highest BCUT2D eigenvalue weighted by atomic mass is 14.0. The zero-order valence-corrected chi connectivity index (χ0v) is 7.85. The van der Waals surface area contributed by atoms with Crippen LogP contribution in [0.25, 0.3) is 0 Å². The highest BCUT2D eigenvalue weighted by molar-refractivity contribution is 5.10. The number of hydrogen-bond donors (Lipinski definition) is 0. The molecule has 0 bridgehead atoms. The molecule has 0 aliphatic rings. The van der Waals surface area contributed by atoms with E-state index in [1.807, 2.05) is 6.08 Å². The molecule has 0 radical (unpaired) electrons. The molecule has 0 aromatic heterocycles. The van der Waals surface area contributed by atoms with Gasteiger partial charge in [-0.1, -0.05) is 36.0 Å². The Bertz CT molecular complexity index is 170. The SMILES string of the molecule is C=C/C=C(/C)CC/C(C)=C/C. The van der Waals surface area contributed by atoms with Crippen LogP contribution in [0.2, 0.25) is 0 Å². The van der Waals surface area contributed by atoms with E-state index in [0.717, 1.165) is 6.42 Å². The second-order valence-electron chi connectivity index (χ2n) is 2.88. The molecule has 11 heavy (non-hydrogen) atoms. The quantitative estimate of drug-likeness (QED) is 0.421. The summed E-state index contributed by atoms with van der Waals surface area (Å²) in [5.74, 6) is 0. The molecule has 0 fully saturated rings. The third-order valence-electron chi connectivity index (χ3n) is 1.81. The summed E-state index contributed by atoms with van der Waals surface area (Å²) in [6.45, 7) is 10.1. The van der Waals surface area contributed by atoms with Crippen LogP contribution in [0.5, 0.6) is 0 Å². The van der Waals surface area contributed by atoms with Crippen molar-refractivity contribution >= 4 is 0 Å². The van der Waals surface area contributed by atoms with Crippen molar-refractivity contribution in [3.63, 3.8) is 0 Å². The summed E-state index contributed by atoms with van der Waals surface area (Å²) in [7, 11) is 0. The van der Waals surface area contributed by atoms with E-state index < -0.39 is 0 Å². The van der Waals surface area contributed by atoms with E-state index in [0.29, 0.717) is 0 Å². The lowest BCUT2D eigenvalue weighted by molar-refractivity contribution is 0.922. The maximum atomic E-state index is 3.66. The van der Waals surface area contributed by atoms with Crippen LogP contribution in [-0.4, -0.2) is 0 Å². The minimum absolute atomic E-state index is 1.15. The molecule has 0 heterocycles. The van der Waals surface area contributed by atoms with Gasteiger partial charge in [0.05, 0.1) is 0 Å². The van der Waals surface area contributed by atoms with Crippen molar-refractivity contribution in [1.82, 2.24) is 0 Å². The van der Waals surface area contributed by atoms with Gasteiger partial charge in [-0.3, -0.25) is 0 Å². The average molecular weight is 150 g/mol. The predicted octanol–water partition coefficient (Wildman–Crippen LogP) is 3.87. The molecule has 0 spiro atoms. The van der Waals surface area contributed by atoms with Gasteiger partial charge in [-0.2, -0.15) is 0 Å². The lowest BCUT2D eigenvalue weighted by Gasteiger charge is -1.99.